The molecule has 1 aliphatic rings. The van der Waals surface area contributed by atoms with Crippen LogP contribution in [0.2, 0.25) is 0 Å². The molecule has 1 aliphatic heterocycles. The summed E-state index contributed by atoms with van der Waals surface area (Å²) in [6.07, 6.45) is 4.49. The first-order chi connectivity index (χ1) is 8.28. The van der Waals surface area contributed by atoms with Gasteiger partial charge in [-0.25, -0.2) is 0 Å². The van der Waals surface area contributed by atoms with Gasteiger partial charge in [0.25, 0.3) is 0 Å². The van der Waals surface area contributed by atoms with Crippen LogP contribution in [0.25, 0.3) is 0 Å². The van der Waals surface area contributed by atoms with Gasteiger partial charge in [-0.1, -0.05) is 12.1 Å². The summed E-state index contributed by atoms with van der Waals surface area (Å²) in [5.74, 6) is 1.56. The van der Waals surface area contributed by atoms with Gasteiger partial charge in [-0.15, -0.1) is 0 Å². The molecule has 1 aromatic heterocycles. The topological polar surface area (TPSA) is 54.2 Å². The maximum atomic E-state index is 5.17. The van der Waals surface area contributed by atoms with Crippen LogP contribution in [-0.2, 0) is 13.0 Å². The molecule has 1 N–H and O–H groups in total. The van der Waals surface area contributed by atoms with Crippen molar-refractivity contribution in [2.24, 2.45) is 0 Å². The van der Waals surface area contributed by atoms with Gasteiger partial charge in [0.1, 0.15) is 0 Å². The predicted octanol–water partition coefficient (Wildman–Crippen LogP) is 1.21. The minimum absolute atomic E-state index is 0.627. The molecule has 1 aromatic rings. The normalized spacial score (nSPS) is 20.3. The zero-order valence-corrected chi connectivity index (χ0v) is 10.8. The van der Waals surface area contributed by atoms with Crippen LogP contribution in [0, 0.1) is 0 Å². The molecule has 0 bridgehead atoms. The van der Waals surface area contributed by atoms with Crippen molar-refractivity contribution in [3.8, 4) is 0 Å². The first kappa shape index (κ1) is 12.5. The highest BCUT2D eigenvalue weighted by atomic mass is 16.5. The molecule has 2 heterocycles. The lowest BCUT2D eigenvalue weighted by atomic mass is 10.2. The van der Waals surface area contributed by atoms with Gasteiger partial charge in [0.15, 0.2) is 5.82 Å². The molecule has 1 atom stereocenters. The van der Waals surface area contributed by atoms with Gasteiger partial charge in [-0.2, -0.15) is 4.98 Å². The summed E-state index contributed by atoms with van der Waals surface area (Å²) in [6.45, 7) is 5.09. The highest BCUT2D eigenvalue weighted by Crippen LogP contribution is 2.08. The lowest BCUT2D eigenvalue weighted by Gasteiger charge is -2.19. The van der Waals surface area contributed by atoms with E-state index in [2.05, 4.69) is 34.3 Å². The molecule has 5 nitrogen and oxygen atoms in total. The van der Waals surface area contributed by atoms with E-state index < -0.39 is 0 Å². The van der Waals surface area contributed by atoms with Crippen molar-refractivity contribution < 1.29 is 4.52 Å². The summed E-state index contributed by atoms with van der Waals surface area (Å²) in [5.41, 5.74) is 0. The van der Waals surface area contributed by atoms with Gasteiger partial charge in [-0.3, -0.25) is 4.90 Å². The molecule has 0 aliphatic carbocycles. The molecule has 2 rings (SSSR count). The van der Waals surface area contributed by atoms with Crippen molar-refractivity contribution >= 4 is 0 Å². The third kappa shape index (κ3) is 3.78. The summed E-state index contributed by atoms with van der Waals surface area (Å²) in [5, 5.41) is 7.49. The molecular weight excluding hydrogens is 216 g/mol. The Labute approximate surface area is 103 Å². The number of hydrogen-bond donors (Lipinski definition) is 1. The highest BCUT2D eigenvalue weighted by molar-refractivity contribution is 4.87. The Hall–Kier alpha value is -0.940. The minimum atomic E-state index is 0.627. The Kier molecular flexibility index (Phi) is 4.50. The second kappa shape index (κ2) is 6.12. The molecule has 1 unspecified atom stereocenters. The number of rotatable bonds is 6. The SMILES string of the molecule is CCCc1nc(CN(C)CC2CCCN2)no1. The third-order valence-electron chi connectivity index (χ3n) is 3.08. The predicted molar refractivity (Wildman–Crippen MR) is 65.7 cm³/mol. The van der Waals surface area contributed by atoms with Crippen LogP contribution in [0.5, 0.6) is 0 Å². The first-order valence-corrected chi connectivity index (χ1v) is 6.51. The van der Waals surface area contributed by atoms with E-state index in [1.54, 1.807) is 0 Å². The Morgan fingerprint density at radius 3 is 3.12 bits per heavy atom. The average molecular weight is 238 g/mol. The number of nitrogens with zero attached hydrogens (tertiary/aromatic N) is 3. The van der Waals surface area contributed by atoms with Crippen molar-refractivity contribution in [3.05, 3.63) is 11.7 Å². The van der Waals surface area contributed by atoms with Crippen molar-refractivity contribution in [3.63, 3.8) is 0 Å². The summed E-state index contributed by atoms with van der Waals surface area (Å²) >= 11 is 0. The van der Waals surface area contributed by atoms with Crippen molar-refractivity contribution in [2.75, 3.05) is 20.1 Å². The van der Waals surface area contributed by atoms with Gasteiger partial charge < -0.3 is 9.84 Å². The van der Waals surface area contributed by atoms with E-state index in [9.17, 15) is 0 Å². The largest absolute Gasteiger partial charge is 0.339 e. The molecule has 1 saturated heterocycles. The van der Waals surface area contributed by atoms with Crippen molar-refractivity contribution in [2.45, 2.75) is 45.2 Å². The summed E-state index contributed by atoms with van der Waals surface area (Å²) in [4.78, 5) is 6.63. The van der Waals surface area contributed by atoms with Crippen LogP contribution in [0.1, 0.15) is 37.9 Å². The summed E-state index contributed by atoms with van der Waals surface area (Å²) in [6, 6.07) is 0.627. The van der Waals surface area contributed by atoms with Crippen molar-refractivity contribution in [1.29, 1.82) is 0 Å². The van der Waals surface area contributed by atoms with Gasteiger partial charge in [-0.05, 0) is 32.9 Å². The van der Waals surface area contributed by atoms with E-state index in [-0.39, 0.29) is 0 Å². The number of nitrogens with one attached hydrogen (secondary N) is 1. The van der Waals surface area contributed by atoms with Gasteiger partial charge in [0.2, 0.25) is 5.89 Å². The lowest BCUT2D eigenvalue weighted by Crippen LogP contribution is -2.35. The van der Waals surface area contributed by atoms with Crippen LogP contribution in [0.15, 0.2) is 4.52 Å². The minimum Gasteiger partial charge on any atom is -0.339 e. The fraction of sp³-hybridized carbons (Fsp3) is 0.833. The van der Waals surface area contributed by atoms with E-state index in [0.29, 0.717) is 6.04 Å². The Bertz CT molecular complexity index is 333. The maximum Gasteiger partial charge on any atom is 0.226 e. The Morgan fingerprint density at radius 2 is 2.41 bits per heavy atom. The van der Waals surface area contributed by atoms with E-state index in [0.717, 1.165) is 44.2 Å². The zero-order chi connectivity index (χ0) is 12.1. The molecule has 0 aromatic carbocycles. The molecule has 0 saturated carbocycles. The van der Waals surface area contributed by atoms with Crippen LogP contribution < -0.4 is 5.32 Å². The Morgan fingerprint density at radius 1 is 1.53 bits per heavy atom. The van der Waals surface area contributed by atoms with Crippen molar-refractivity contribution in [1.82, 2.24) is 20.4 Å². The molecule has 0 radical (unpaired) electrons. The number of aryl methyl sites for hydroxylation is 1. The van der Waals surface area contributed by atoms with Crippen LogP contribution in [0.4, 0.5) is 0 Å². The quantitative estimate of drug-likeness (QED) is 0.807. The third-order valence-corrected chi connectivity index (χ3v) is 3.08. The van der Waals surface area contributed by atoms with Gasteiger partial charge in [0.05, 0.1) is 6.54 Å². The molecule has 1 fully saturated rings. The first-order valence-electron chi connectivity index (χ1n) is 6.51. The van der Waals surface area contributed by atoms with E-state index in [4.69, 9.17) is 4.52 Å². The zero-order valence-electron chi connectivity index (χ0n) is 10.8. The van der Waals surface area contributed by atoms with Crippen LogP contribution >= 0.6 is 0 Å². The van der Waals surface area contributed by atoms with Gasteiger partial charge in [0, 0.05) is 19.0 Å². The van der Waals surface area contributed by atoms with E-state index in [1.807, 2.05) is 0 Å². The van der Waals surface area contributed by atoms with E-state index in [1.165, 1.54) is 12.8 Å². The fourth-order valence-corrected chi connectivity index (χ4v) is 2.26. The number of hydrogen-bond acceptors (Lipinski definition) is 5. The van der Waals surface area contributed by atoms with E-state index >= 15 is 0 Å². The summed E-state index contributed by atoms with van der Waals surface area (Å²) < 4.78 is 5.17. The number of likely N-dealkylation sites (N-methyl/N-ethyl adjacent to an activating group) is 1. The molecular formula is C12H22N4O. The molecule has 96 valence electrons. The maximum absolute atomic E-state index is 5.17. The smallest absolute Gasteiger partial charge is 0.226 e. The standard InChI is InChI=1S/C12H22N4O/c1-3-5-12-14-11(15-17-12)9-16(2)8-10-6-4-7-13-10/h10,13H,3-9H2,1-2H3. The van der Waals surface area contributed by atoms with Gasteiger partial charge >= 0.3 is 0 Å². The second-order valence-electron chi connectivity index (χ2n) is 4.84. The number of aromatic nitrogens is 2. The molecule has 5 heteroatoms. The highest BCUT2D eigenvalue weighted by Gasteiger charge is 2.17. The molecule has 0 amide bonds. The monoisotopic (exact) mass is 238 g/mol. The second-order valence-corrected chi connectivity index (χ2v) is 4.84. The Balaban J connectivity index is 1.78. The average Bonchev–Trinajstić information content (AvgIpc) is 2.91. The summed E-state index contributed by atoms with van der Waals surface area (Å²) in [7, 11) is 2.11. The molecule has 0 spiro atoms. The van der Waals surface area contributed by atoms with Crippen LogP contribution in [0.3, 0.4) is 0 Å². The fourth-order valence-electron chi connectivity index (χ4n) is 2.26. The lowest BCUT2D eigenvalue weighted by molar-refractivity contribution is 0.280. The van der Waals surface area contributed by atoms with Crippen LogP contribution in [-0.4, -0.2) is 41.2 Å². The molecule has 17 heavy (non-hydrogen) atoms.